The van der Waals surface area contributed by atoms with Crippen molar-refractivity contribution in [2.75, 3.05) is 7.11 Å². The molecule has 0 amide bonds. The first-order valence-corrected chi connectivity index (χ1v) is 6.06. The van der Waals surface area contributed by atoms with Gasteiger partial charge in [-0.05, 0) is 24.8 Å². The third-order valence-corrected chi connectivity index (χ3v) is 2.90. The minimum absolute atomic E-state index is 0.194. The number of esters is 1. The highest BCUT2D eigenvalue weighted by Crippen LogP contribution is 2.19. The van der Waals surface area contributed by atoms with Gasteiger partial charge in [0.25, 0.3) is 0 Å². The minimum Gasteiger partial charge on any atom is -0.466 e. The van der Waals surface area contributed by atoms with Gasteiger partial charge >= 0.3 is 5.97 Å². The predicted octanol–water partition coefficient (Wildman–Crippen LogP) is 3.52. The van der Waals surface area contributed by atoms with Gasteiger partial charge in [0, 0.05) is 5.57 Å². The zero-order valence-corrected chi connectivity index (χ0v) is 10.8. The highest BCUT2D eigenvalue weighted by Gasteiger charge is 2.13. The van der Waals surface area contributed by atoms with Crippen molar-refractivity contribution >= 4 is 5.97 Å². The van der Waals surface area contributed by atoms with Crippen LogP contribution in [0.1, 0.15) is 32.3 Å². The molecule has 0 aliphatic rings. The summed E-state index contributed by atoms with van der Waals surface area (Å²) in [4.78, 5) is 11.7. The first kappa shape index (κ1) is 13.5. The van der Waals surface area contributed by atoms with Gasteiger partial charge in [-0.3, -0.25) is 0 Å². The smallest absolute Gasteiger partial charge is 0.333 e. The SMILES string of the molecule is CC/C(Cc1ccccc1)=C(\CC)C(=O)OC. The largest absolute Gasteiger partial charge is 0.466 e. The average Bonchev–Trinajstić information content (AvgIpc) is 2.39. The summed E-state index contributed by atoms with van der Waals surface area (Å²) < 4.78 is 4.83. The summed E-state index contributed by atoms with van der Waals surface area (Å²) in [6.45, 7) is 4.07. The lowest BCUT2D eigenvalue weighted by atomic mass is 9.96. The van der Waals surface area contributed by atoms with E-state index in [0.29, 0.717) is 0 Å². The van der Waals surface area contributed by atoms with Gasteiger partial charge in [0.05, 0.1) is 7.11 Å². The second-order valence-electron chi connectivity index (χ2n) is 3.94. The molecule has 17 heavy (non-hydrogen) atoms. The molecule has 0 radical (unpaired) electrons. The Balaban J connectivity index is 2.96. The van der Waals surface area contributed by atoms with E-state index in [4.69, 9.17) is 4.74 Å². The summed E-state index contributed by atoms with van der Waals surface area (Å²) in [5.74, 6) is -0.194. The molecule has 0 aromatic heterocycles. The Morgan fingerprint density at radius 2 is 1.76 bits per heavy atom. The third kappa shape index (κ3) is 3.74. The van der Waals surface area contributed by atoms with Gasteiger partial charge < -0.3 is 4.74 Å². The second kappa shape index (κ2) is 6.89. The Morgan fingerprint density at radius 1 is 1.12 bits per heavy atom. The number of hydrogen-bond acceptors (Lipinski definition) is 2. The highest BCUT2D eigenvalue weighted by atomic mass is 16.5. The van der Waals surface area contributed by atoms with E-state index in [9.17, 15) is 4.79 Å². The highest BCUT2D eigenvalue weighted by molar-refractivity contribution is 5.89. The van der Waals surface area contributed by atoms with Gasteiger partial charge in [-0.15, -0.1) is 0 Å². The molecule has 1 aromatic carbocycles. The fourth-order valence-electron chi connectivity index (χ4n) is 1.95. The van der Waals surface area contributed by atoms with Crippen LogP contribution < -0.4 is 0 Å². The van der Waals surface area contributed by atoms with Crippen LogP contribution in [0.2, 0.25) is 0 Å². The topological polar surface area (TPSA) is 26.3 Å². The van der Waals surface area contributed by atoms with Crippen molar-refractivity contribution in [3.8, 4) is 0 Å². The summed E-state index contributed by atoms with van der Waals surface area (Å²) in [7, 11) is 1.44. The lowest BCUT2D eigenvalue weighted by molar-refractivity contribution is -0.136. The number of ether oxygens (including phenoxy) is 1. The maximum Gasteiger partial charge on any atom is 0.333 e. The molecule has 0 bridgehead atoms. The summed E-state index contributed by atoms with van der Waals surface area (Å²) in [5, 5.41) is 0. The van der Waals surface area contributed by atoms with Gasteiger partial charge in [-0.25, -0.2) is 4.79 Å². The zero-order chi connectivity index (χ0) is 12.7. The number of rotatable bonds is 5. The van der Waals surface area contributed by atoms with E-state index in [1.807, 2.05) is 25.1 Å². The van der Waals surface area contributed by atoms with Gasteiger partial charge in [0.15, 0.2) is 0 Å². The van der Waals surface area contributed by atoms with Crippen molar-refractivity contribution in [3.05, 3.63) is 47.0 Å². The van der Waals surface area contributed by atoms with Crippen LogP contribution in [0.25, 0.3) is 0 Å². The number of allylic oxidation sites excluding steroid dienone is 1. The van der Waals surface area contributed by atoms with Gasteiger partial charge in [0.2, 0.25) is 0 Å². The Hall–Kier alpha value is -1.57. The van der Waals surface area contributed by atoms with Crippen LogP contribution in [0, 0.1) is 0 Å². The summed E-state index contributed by atoms with van der Waals surface area (Å²) in [6.07, 6.45) is 2.44. The number of hydrogen-bond donors (Lipinski definition) is 0. The Labute approximate surface area is 103 Å². The summed E-state index contributed by atoms with van der Waals surface area (Å²) >= 11 is 0. The molecule has 2 heteroatoms. The molecule has 92 valence electrons. The van der Waals surface area contributed by atoms with Crippen molar-refractivity contribution in [1.82, 2.24) is 0 Å². The van der Waals surface area contributed by atoms with Crippen LogP contribution in [-0.4, -0.2) is 13.1 Å². The quantitative estimate of drug-likeness (QED) is 0.573. The van der Waals surface area contributed by atoms with E-state index in [2.05, 4.69) is 19.1 Å². The average molecular weight is 232 g/mol. The van der Waals surface area contributed by atoms with Crippen LogP contribution in [0.5, 0.6) is 0 Å². The molecule has 0 saturated heterocycles. The van der Waals surface area contributed by atoms with Crippen molar-refractivity contribution in [2.24, 2.45) is 0 Å². The third-order valence-electron chi connectivity index (χ3n) is 2.90. The van der Waals surface area contributed by atoms with Crippen LogP contribution >= 0.6 is 0 Å². The molecule has 0 heterocycles. The van der Waals surface area contributed by atoms with E-state index in [1.54, 1.807) is 0 Å². The molecule has 0 aliphatic heterocycles. The van der Waals surface area contributed by atoms with E-state index in [-0.39, 0.29) is 5.97 Å². The maximum atomic E-state index is 11.7. The van der Waals surface area contributed by atoms with Crippen LogP contribution in [0.15, 0.2) is 41.5 Å². The fourth-order valence-corrected chi connectivity index (χ4v) is 1.95. The first-order chi connectivity index (χ1) is 8.22. The van der Waals surface area contributed by atoms with Crippen molar-refractivity contribution in [2.45, 2.75) is 33.1 Å². The maximum absolute atomic E-state index is 11.7. The lowest BCUT2D eigenvalue weighted by Gasteiger charge is -2.11. The summed E-state index contributed by atoms with van der Waals surface area (Å²) in [5.41, 5.74) is 3.23. The molecular weight excluding hydrogens is 212 g/mol. The molecule has 2 nitrogen and oxygen atoms in total. The summed E-state index contributed by atoms with van der Waals surface area (Å²) in [6, 6.07) is 10.2. The minimum atomic E-state index is -0.194. The molecule has 0 aliphatic carbocycles. The fraction of sp³-hybridized carbons (Fsp3) is 0.400. The van der Waals surface area contributed by atoms with E-state index < -0.39 is 0 Å². The van der Waals surface area contributed by atoms with Crippen molar-refractivity contribution in [3.63, 3.8) is 0 Å². The number of benzene rings is 1. The monoisotopic (exact) mass is 232 g/mol. The van der Waals surface area contributed by atoms with Gasteiger partial charge in [-0.2, -0.15) is 0 Å². The van der Waals surface area contributed by atoms with Gasteiger partial charge in [0.1, 0.15) is 0 Å². The second-order valence-corrected chi connectivity index (χ2v) is 3.94. The molecule has 0 spiro atoms. The van der Waals surface area contributed by atoms with Crippen molar-refractivity contribution < 1.29 is 9.53 Å². The van der Waals surface area contributed by atoms with Crippen LogP contribution in [0.4, 0.5) is 0 Å². The van der Waals surface area contributed by atoms with Gasteiger partial charge in [-0.1, -0.05) is 49.8 Å². The predicted molar refractivity (Wildman–Crippen MR) is 69.8 cm³/mol. The Bertz CT molecular complexity index is 391. The number of methoxy groups -OCH3 is 1. The van der Waals surface area contributed by atoms with E-state index in [0.717, 1.165) is 24.8 Å². The normalized spacial score (nSPS) is 11.9. The molecule has 0 atom stereocenters. The number of carbonyl (C=O) groups is 1. The molecule has 1 aromatic rings. The molecule has 0 N–H and O–H groups in total. The first-order valence-electron chi connectivity index (χ1n) is 6.06. The molecule has 1 rings (SSSR count). The van der Waals surface area contributed by atoms with Crippen LogP contribution in [-0.2, 0) is 16.0 Å². The molecule has 0 saturated carbocycles. The lowest BCUT2D eigenvalue weighted by Crippen LogP contribution is -2.08. The molecule has 0 unspecified atom stereocenters. The van der Waals surface area contributed by atoms with Crippen molar-refractivity contribution in [1.29, 1.82) is 0 Å². The Kier molecular flexibility index (Phi) is 5.47. The Morgan fingerprint density at radius 3 is 2.24 bits per heavy atom. The van der Waals surface area contributed by atoms with E-state index >= 15 is 0 Å². The standard InChI is InChI=1S/C15H20O2/c1-4-13(14(5-2)15(16)17-3)11-12-9-7-6-8-10-12/h6-10H,4-5,11H2,1-3H3/b14-13-. The number of carbonyl (C=O) groups excluding carboxylic acids is 1. The molecule has 0 fully saturated rings. The van der Waals surface area contributed by atoms with E-state index in [1.165, 1.54) is 18.2 Å². The molecular formula is C15H20O2. The van der Waals surface area contributed by atoms with Crippen LogP contribution in [0.3, 0.4) is 0 Å². The zero-order valence-electron chi connectivity index (χ0n) is 10.8.